The van der Waals surface area contributed by atoms with E-state index in [-0.39, 0.29) is 0 Å². The lowest BCUT2D eigenvalue weighted by molar-refractivity contribution is 0.618. The topological polar surface area (TPSA) is 37.8 Å². The van der Waals surface area contributed by atoms with E-state index in [0.717, 1.165) is 24.9 Å². The molecule has 0 saturated heterocycles. The highest BCUT2D eigenvalue weighted by Gasteiger charge is 2.09. The summed E-state index contributed by atoms with van der Waals surface area (Å²) >= 11 is 0. The van der Waals surface area contributed by atoms with Gasteiger partial charge in [-0.15, -0.1) is 0 Å². The standard InChI is InChI=1S/C15H18FN3/c1-3-8-17-15-18-10-13(16)14(19-15)12-7-5-6-11(4-2)9-12/h5-7,9-10H,3-4,8H2,1-2H3,(H,17,18,19). The van der Waals surface area contributed by atoms with Gasteiger partial charge in [0.1, 0.15) is 5.69 Å². The summed E-state index contributed by atoms with van der Waals surface area (Å²) in [5, 5.41) is 3.07. The number of nitrogens with zero attached hydrogens (tertiary/aromatic N) is 2. The molecule has 1 aromatic carbocycles. The molecule has 0 atom stereocenters. The molecule has 0 fully saturated rings. The molecule has 0 bridgehead atoms. The molecule has 0 aliphatic heterocycles. The molecule has 0 radical (unpaired) electrons. The number of nitrogens with one attached hydrogen (secondary N) is 1. The Bertz CT molecular complexity index is 555. The van der Waals surface area contributed by atoms with Crippen molar-refractivity contribution >= 4 is 5.95 Å². The Labute approximate surface area is 112 Å². The van der Waals surface area contributed by atoms with Gasteiger partial charge in [0.25, 0.3) is 0 Å². The molecule has 4 heteroatoms. The van der Waals surface area contributed by atoms with Crippen LogP contribution in [-0.4, -0.2) is 16.5 Å². The molecule has 2 rings (SSSR count). The van der Waals surface area contributed by atoms with Gasteiger partial charge in [-0.3, -0.25) is 0 Å². The first-order valence-corrected chi connectivity index (χ1v) is 6.60. The molecule has 0 aliphatic rings. The van der Waals surface area contributed by atoms with Crippen LogP contribution in [0.25, 0.3) is 11.3 Å². The fourth-order valence-corrected chi connectivity index (χ4v) is 1.83. The number of anilines is 1. The van der Waals surface area contributed by atoms with Gasteiger partial charge in [0.15, 0.2) is 5.82 Å². The first kappa shape index (κ1) is 13.5. The Hall–Kier alpha value is -1.97. The zero-order valence-corrected chi connectivity index (χ0v) is 11.3. The molecule has 0 aliphatic carbocycles. The highest BCUT2D eigenvalue weighted by Crippen LogP contribution is 2.22. The first-order chi connectivity index (χ1) is 9.24. The second-order valence-electron chi connectivity index (χ2n) is 4.37. The van der Waals surface area contributed by atoms with Crippen molar-refractivity contribution in [1.29, 1.82) is 0 Å². The summed E-state index contributed by atoms with van der Waals surface area (Å²) in [6.45, 7) is 4.91. The van der Waals surface area contributed by atoms with Gasteiger partial charge in [-0.2, -0.15) is 0 Å². The van der Waals surface area contributed by atoms with Crippen molar-refractivity contribution < 1.29 is 4.39 Å². The maximum Gasteiger partial charge on any atom is 0.223 e. The minimum absolute atomic E-state index is 0.351. The van der Waals surface area contributed by atoms with E-state index in [4.69, 9.17) is 0 Å². The quantitative estimate of drug-likeness (QED) is 0.890. The molecular weight excluding hydrogens is 241 g/mol. The van der Waals surface area contributed by atoms with Crippen molar-refractivity contribution in [3.8, 4) is 11.3 Å². The normalized spacial score (nSPS) is 10.5. The van der Waals surface area contributed by atoms with Crippen LogP contribution in [0.2, 0.25) is 0 Å². The van der Waals surface area contributed by atoms with Crippen LogP contribution in [0.15, 0.2) is 30.5 Å². The number of benzene rings is 1. The van der Waals surface area contributed by atoms with E-state index in [0.29, 0.717) is 11.6 Å². The van der Waals surface area contributed by atoms with E-state index < -0.39 is 5.82 Å². The lowest BCUT2D eigenvalue weighted by Crippen LogP contribution is -2.05. The van der Waals surface area contributed by atoms with Crippen molar-refractivity contribution in [3.63, 3.8) is 0 Å². The maximum absolute atomic E-state index is 13.9. The molecule has 100 valence electrons. The number of halogens is 1. The Morgan fingerprint density at radius 3 is 2.84 bits per heavy atom. The number of aryl methyl sites for hydroxylation is 1. The van der Waals surface area contributed by atoms with Crippen molar-refractivity contribution in [2.24, 2.45) is 0 Å². The lowest BCUT2D eigenvalue weighted by atomic mass is 10.1. The first-order valence-electron chi connectivity index (χ1n) is 6.60. The van der Waals surface area contributed by atoms with E-state index in [1.54, 1.807) is 0 Å². The van der Waals surface area contributed by atoms with Crippen molar-refractivity contribution in [3.05, 3.63) is 41.8 Å². The molecular formula is C15H18FN3. The van der Waals surface area contributed by atoms with Gasteiger partial charge in [-0.1, -0.05) is 32.0 Å². The predicted molar refractivity (Wildman–Crippen MR) is 75.6 cm³/mol. The smallest absolute Gasteiger partial charge is 0.223 e. The van der Waals surface area contributed by atoms with Crippen molar-refractivity contribution in [1.82, 2.24) is 9.97 Å². The molecule has 2 aromatic rings. The van der Waals surface area contributed by atoms with E-state index in [1.165, 1.54) is 11.8 Å². The third-order valence-corrected chi connectivity index (χ3v) is 2.89. The third-order valence-electron chi connectivity index (χ3n) is 2.89. The van der Waals surface area contributed by atoms with Crippen LogP contribution < -0.4 is 5.32 Å². The Morgan fingerprint density at radius 1 is 1.26 bits per heavy atom. The van der Waals surface area contributed by atoms with Crippen LogP contribution in [0.3, 0.4) is 0 Å². The summed E-state index contributed by atoms with van der Waals surface area (Å²) in [7, 11) is 0. The summed E-state index contributed by atoms with van der Waals surface area (Å²) < 4.78 is 13.9. The van der Waals surface area contributed by atoms with E-state index >= 15 is 0 Å². The number of hydrogen-bond donors (Lipinski definition) is 1. The third kappa shape index (κ3) is 3.28. The van der Waals surface area contributed by atoms with Crippen LogP contribution in [-0.2, 0) is 6.42 Å². The summed E-state index contributed by atoms with van der Waals surface area (Å²) in [6.07, 6.45) is 3.11. The zero-order valence-electron chi connectivity index (χ0n) is 11.3. The van der Waals surface area contributed by atoms with Crippen LogP contribution >= 0.6 is 0 Å². The SMILES string of the molecule is CCCNc1ncc(F)c(-c2cccc(CC)c2)n1. The highest BCUT2D eigenvalue weighted by atomic mass is 19.1. The predicted octanol–water partition coefficient (Wildman–Crippen LogP) is 3.67. The molecule has 19 heavy (non-hydrogen) atoms. The minimum Gasteiger partial charge on any atom is -0.354 e. The summed E-state index contributed by atoms with van der Waals surface area (Å²) in [6, 6.07) is 7.79. The summed E-state index contributed by atoms with van der Waals surface area (Å²) in [4.78, 5) is 8.21. The fourth-order valence-electron chi connectivity index (χ4n) is 1.83. The monoisotopic (exact) mass is 259 g/mol. The zero-order chi connectivity index (χ0) is 13.7. The van der Waals surface area contributed by atoms with Crippen molar-refractivity contribution in [2.45, 2.75) is 26.7 Å². The van der Waals surface area contributed by atoms with Gasteiger partial charge in [-0.25, -0.2) is 14.4 Å². The minimum atomic E-state index is -0.393. The van der Waals surface area contributed by atoms with Crippen LogP contribution in [0.1, 0.15) is 25.8 Å². The maximum atomic E-state index is 13.9. The lowest BCUT2D eigenvalue weighted by Gasteiger charge is -2.07. The fraction of sp³-hybridized carbons (Fsp3) is 0.333. The molecule has 3 nitrogen and oxygen atoms in total. The highest BCUT2D eigenvalue weighted by molar-refractivity contribution is 5.61. The molecule has 0 amide bonds. The molecule has 1 aromatic heterocycles. The van der Waals surface area contributed by atoms with Gasteiger partial charge in [0.05, 0.1) is 6.20 Å². The Morgan fingerprint density at radius 2 is 2.11 bits per heavy atom. The average molecular weight is 259 g/mol. The van der Waals surface area contributed by atoms with Gasteiger partial charge in [0, 0.05) is 12.1 Å². The van der Waals surface area contributed by atoms with Crippen LogP contribution in [0.4, 0.5) is 10.3 Å². The van der Waals surface area contributed by atoms with E-state index in [9.17, 15) is 4.39 Å². The number of hydrogen-bond acceptors (Lipinski definition) is 3. The molecule has 0 spiro atoms. The second kappa shape index (κ2) is 6.27. The van der Waals surface area contributed by atoms with Crippen LogP contribution in [0, 0.1) is 5.82 Å². The van der Waals surface area contributed by atoms with Crippen molar-refractivity contribution in [2.75, 3.05) is 11.9 Å². The molecule has 0 unspecified atom stereocenters. The summed E-state index contributed by atoms with van der Waals surface area (Å²) in [5.74, 6) is 0.0791. The van der Waals surface area contributed by atoms with Crippen LogP contribution in [0.5, 0.6) is 0 Å². The van der Waals surface area contributed by atoms with E-state index in [2.05, 4.69) is 29.1 Å². The molecule has 1 N–H and O–H groups in total. The Kier molecular flexibility index (Phi) is 4.44. The van der Waals surface area contributed by atoms with Gasteiger partial charge in [-0.05, 0) is 24.5 Å². The number of rotatable bonds is 5. The summed E-state index contributed by atoms with van der Waals surface area (Å²) in [5.41, 5.74) is 2.31. The van der Waals surface area contributed by atoms with Gasteiger partial charge < -0.3 is 5.32 Å². The second-order valence-corrected chi connectivity index (χ2v) is 4.37. The van der Waals surface area contributed by atoms with Gasteiger partial charge in [0.2, 0.25) is 5.95 Å². The van der Waals surface area contributed by atoms with E-state index in [1.807, 2.05) is 24.3 Å². The Balaban J connectivity index is 2.36. The molecule has 1 heterocycles. The average Bonchev–Trinajstić information content (AvgIpc) is 2.46. The molecule has 0 saturated carbocycles. The largest absolute Gasteiger partial charge is 0.354 e. The van der Waals surface area contributed by atoms with Gasteiger partial charge >= 0.3 is 0 Å². The number of aromatic nitrogens is 2.